The van der Waals surface area contributed by atoms with Crippen LogP contribution in [0.25, 0.3) is 0 Å². The minimum atomic E-state index is -0.338. The number of hydrogen-bond donors (Lipinski definition) is 2. The zero-order valence-electron chi connectivity index (χ0n) is 10.6. The number of rotatable bonds is 6. The Morgan fingerprint density at radius 1 is 1.39 bits per heavy atom. The van der Waals surface area contributed by atoms with Gasteiger partial charge in [-0.1, -0.05) is 12.1 Å². The lowest BCUT2D eigenvalue weighted by Gasteiger charge is -2.12. The highest BCUT2D eigenvalue weighted by Crippen LogP contribution is 2.18. The normalized spacial score (nSPS) is 11.6. The Labute approximate surface area is 112 Å². The molecule has 0 spiro atoms. The van der Waals surface area contributed by atoms with Gasteiger partial charge in [0.05, 0.1) is 6.07 Å². The van der Waals surface area contributed by atoms with Crippen molar-refractivity contribution >= 4 is 17.7 Å². The Morgan fingerprint density at radius 2 is 2.06 bits per heavy atom. The molecule has 0 aliphatic carbocycles. The zero-order valence-corrected chi connectivity index (χ0v) is 11.4. The summed E-state index contributed by atoms with van der Waals surface area (Å²) in [4.78, 5) is 11.9. The third-order valence-electron chi connectivity index (χ3n) is 2.43. The average Bonchev–Trinajstić information content (AvgIpc) is 2.39. The van der Waals surface area contributed by atoms with E-state index in [9.17, 15) is 4.79 Å². The van der Waals surface area contributed by atoms with Gasteiger partial charge in [0.15, 0.2) is 0 Å². The van der Waals surface area contributed by atoms with Gasteiger partial charge >= 0.3 is 0 Å². The number of carbonyl (C=O) groups is 1. The zero-order chi connectivity index (χ0) is 13.4. The van der Waals surface area contributed by atoms with E-state index < -0.39 is 0 Å². The largest absolute Gasteiger partial charge is 0.355 e. The molecule has 0 heterocycles. The minimum absolute atomic E-state index is 0.0605. The van der Waals surface area contributed by atoms with Crippen molar-refractivity contribution in [3.63, 3.8) is 0 Å². The number of amides is 1. The van der Waals surface area contributed by atoms with E-state index in [2.05, 4.69) is 16.7 Å². The lowest BCUT2D eigenvalue weighted by molar-refractivity contribution is -0.118. The molecule has 4 nitrogen and oxygen atoms in total. The van der Waals surface area contributed by atoms with Crippen molar-refractivity contribution in [1.29, 1.82) is 5.26 Å². The first-order valence-electron chi connectivity index (χ1n) is 5.68. The van der Waals surface area contributed by atoms with Crippen LogP contribution in [0.5, 0.6) is 0 Å². The summed E-state index contributed by atoms with van der Waals surface area (Å²) >= 11 is 1.67. The molecule has 0 fully saturated rings. The maximum absolute atomic E-state index is 10.7. The van der Waals surface area contributed by atoms with Crippen LogP contribution in [-0.2, 0) is 4.79 Å². The van der Waals surface area contributed by atoms with Crippen LogP contribution in [0.2, 0.25) is 0 Å². The second-order valence-electron chi connectivity index (χ2n) is 3.77. The van der Waals surface area contributed by atoms with Gasteiger partial charge < -0.3 is 5.32 Å². The SMILES string of the molecule is CSc1ccc(C(C#N)NCCNC(C)=O)cc1. The molecule has 0 aliphatic heterocycles. The standard InChI is InChI=1S/C13H17N3OS/c1-10(17)15-7-8-16-13(9-14)11-3-5-12(18-2)6-4-11/h3-6,13,16H,7-8H2,1-2H3,(H,15,17). The van der Waals surface area contributed by atoms with Gasteiger partial charge in [-0.2, -0.15) is 5.26 Å². The molecule has 0 aromatic heterocycles. The lowest BCUT2D eigenvalue weighted by Crippen LogP contribution is -2.32. The first kappa shape index (κ1) is 14.6. The van der Waals surface area contributed by atoms with Crippen molar-refractivity contribution in [2.45, 2.75) is 17.9 Å². The van der Waals surface area contributed by atoms with E-state index in [0.29, 0.717) is 13.1 Å². The average molecular weight is 263 g/mol. The molecule has 96 valence electrons. The van der Waals surface area contributed by atoms with Gasteiger partial charge in [-0.3, -0.25) is 10.1 Å². The fourth-order valence-corrected chi connectivity index (χ4v) is 1.90. The van der Waals surface area contributed by atoms with Crippen molar-refractivity contribution in [2.24, 2.45) is 0 Å². The highest BCUT2D eigenvalue weighted by atomic mass is 32.2. The molecule has 0 radical (unpaired) electrons. The van der Waals surface area contributed by atoms with E-state index in [-0.39, 0.29) is 11.9 Å². The summed E-state index contributed by atoms with van der Waals surface area (Å²) in [7, 11) is 0. The first-order chi connectivity index (χ1) is 8.67. The number of nitriles is 1. The summed E-state index contributed by atoms with van der Waals surface area (Å²) in [6.45, 7) is 2.57. The maximum atomic E-state index is 10.7. The van der Waals surface area contributed by atoms with Crippen LogP contribution in [0.15, 0.2) is 29.2 Å². The molecule has 18 heavy (non-hydrogen) atoms. The highest BCUT2D eigenvalue weighted by Gasteiger charge is 2.08. The van der Waals surface area contributed by atoms with E-state index in [1.165, 1.54) is 11.8 Å². The van der Waals surface area contributed by atoms with Gasteiger partial charge in [0.2, 0.25) is 5.91 Å². The van der Waals surface area contributed by atoms with Crippen molar-refractivity contribution in [1.82, 2.24) is 10.6 Å². The van der Waals surface area contributed by atoms with Crippen molar-refractivity contribution in [3.05, 3.63) is 29.8 Å². The Kier molecular flexibility index (Phi) is 6.26. The van der Waals surface area contributed by atoms with Gasteiger partial charge in [0.1, 0.15) is 6.04 Å². The van der Waals surface area contributed by atoms with Crippen LogP contribution >= 0.6 is 11.8 Å². The predicted octanol–water partition coefficient (Wildman–Crippen LogP) is 1.70. The Morgan fingerprint density at radius 3 is 2.56 bits per heavy atom. The smallest absolute Gasteiger partial charge is 0.216 e. The van der Waals surface area contributed by atoms with E-state index in [1.807, 2.05) is 30.5 Å². The molecule has 1 aromatic carbocycles. The van der Waals surface area contributed by atoms with Crippen molar-refractivity contribution in [2.75, 3.05) is 19.3 Å². The summed E-state index contributed by atoms with van der Waals surface area (Å²) in [5.41, 5.74) is 0.943. The molecule has 0 bridgehead atoms. The van der Waals surface area contributed by atoms with E-state index in [0.717, 1.165) is 5.56 Å². The Hall–Kier alpha value is -1.51. The van der Waals surface area contributed by atoms with Gasteiger partial charge in [-0.15, -0.1) is 11.8 Å². The minimum Gasteiger partial charge on any atom is -0.355 e. The fraction of sp³-hybridized carbons (Fsp3) is 0.385. The van der Waals surface area contributed by atoms with Crippen molar-refractivity contribution in [3.8, 4) is 6.07 Å². The number of nitrogens with zero attached hydrogens (tertiary/aromatic N) is 1. The number of benzene rings is 1. The van der Waals surface area contributed by atoms with E-state index >= 15 is 0 Å². The number of hydrogen-bond acceptors (Lipinski definition) is 4. The summed E-state index contributed by atoms with van der Waals surface area (Å²) in [5.74, 6) is -0.0605. The molecule has 0 aliphatic rings. The highest BCUT2D eigenvalue weighted by molar-refractivity contribution is 7.98. The molecule has 0 saturated carbocycles. The molecule has 1 atom stereocenters. The van der Waals surface area contributed by atoms with Crippen LogP contribution in [0.3, 0.4) is 0 Å². The summed E-state index contributed by atoms with van der Waals surface area (Å²) in [5, 5.41) is 14.9. The molecule has 1 rings (SSSR count). The second kappa shape index (κ2) is 7.75. The van der Waals surface area contributed by atoms with Gasteiger partial charge in [0.25, 0.3) is 0 Å². The Bertz CT molecular complexity index is 425. The van der Waals surface area contributed by atoms with Gasteiger partial charge in [-0.05, 0) is 24.0 Å². The van der Waals surface area contributed by atoms with E-state index in [1.54, 1.807) is 11.8 Å². The summed E-state index contributed by atoms with van der Waals surface area (Å²) in [6, 6.07) is 9.77. The molecule has 0 saturated heterocycles. The van der Waals surface area contributed by atoms with Crippen LogP contribution in [0.1, 0.15) is 18.5 Å². The van der Waals surface area contributed by atoms with Crippen LogP contribution in [-0.4, -0.2) is 25.3 Å². The van der Waals surface area contributed by atoms with Crippen LogP contribution in [0, 0.1) is 11.3 Å². The van der Waals surface area contributed by atoms with Gasteiger partial charge in [-0.25, -0.2) is 0 Å². The molecule has 2 N–H and O–H groups in total. The summed E-state index contributed by atoms with van der Waals surface area (Å²) in [6.07, 6.45) is 2.02. The molecule has 5 heteroatoms. The third-order valence-corrected chi connectivity index (χ3v) is 3.17. The molecule has 1 unspecified atom stereocenters. The maximum Gasteiger partial charge on any atom is 0.216 e. The molecular weight excluding hydrogens is 246 g/mol. The monoisotopic (exact) mass is 263 g/mol. The Balaban J connectivity index is 2.50. The topological polar surface area (TPSA) is 64.9 Å². The summed E-state index contributed by atoms with van der Waals surface area (Å²) < 4.78 is 0. The predicted molar refractivity (Wildman–Crippen MR) is 73.3 cm³/mol. The molecule has 1 amide bonds. The van der Waals surface area contributed by atoms with Crippen molar-refractivity contribution < 1.29 is 4.79 Å². The quantitative estimate of drug-likeness (QED) is 0.605. The first-order valence-corrected chi connectivity index (χ1v) is 6.91. The number of thioether (sulfide) groups is 1. The molecule has 1 aromatic rings. The van der Waals surface area contributed by atoms with E-state index in [4.69, 9.17) is 5.26 Å². The second-order valence-corrected chi connectivity index (χ2v) is 4.65. The number of carbonyl (C=O) groups excluding carboxylic acids is 1. The van der Waals surface area contributed by atoms with Crippen LogP contribution in [0.4, 0.5) is 0 Å². The van der Waals surface area contributed by atoms with Gasteiger partial charge in [0, 0.05) is 24.9 Å². The lowest BCUT2D eigenvalue weighted by atomic mass is 10.1. The van der Waals surface area contributed by atoms with Crippen LogP contribution < -0.4 is 10.6 Å². The third kappa shape index (κ3) is 4.78. The fourth-order valence-electron chi connectivity index (χ4n) is 1.49. The molecular formula is C13H17N3OS. The number of nitrogens with one attached hydrogen (secondary N) is 2.